The standard InChI is InChI=1S/4C2H4O2.4H3N.H2O/c4*1-2(3)4;;;;;/h4*1H3,(H,3,4);4*1H3;1H2. The molecule has 0 aromatic rings. The van der Waals surface area contributed by atoms with Gasteiger partial charge in [-0.05, 0) is 27.7 Å². The Morgan fingerprint density at radius 3 is 0.476 bits per heavy atom. The molecule has 18 N–H and O–H groups in total. The zero-order valence-corrected chi connectivity index (χ0v) is 13.8. The van der Waals surface area contributed by atoms with E-state index in [1.54, 1.807) is 0 Å². The number of hydrogen-bond acceptors (Lipinski definition) is 8. The van der Waals surface area contributed by atoms with Crippen molar-refractivity contribution in [3.8, 4) is 0 Å². The molecule has 0 spiro atoms. The molecule has 0 saturated heterocycles. The molecule has 0 aliphatic carbocycles. The minimum absolute atomic E-state index is 0. The minimum atomic E-state index is -1.08. The van der Waals surface area contributed by atoms with Crippen molar-refractivity contribution in [2.24, 2.45) is 0 Å². The van der Waals surface area contributed by atoms with Crippen LogP contribution in [0.25, 0.3) is 0 Å². The number of rotatable bonds is 0. The zero-order chi connectivity index (χ0) is 14.3. The highest BCUT2D eigenvalue weighted by atomic mass is 16.4. The minimum Gasteiger partial charge on any atom is -0.550 e. The molecular weight excluding hydrogens is 296 g/mol. The third-order valence-corrected chi connectivity index (χ3v) is 0. The number of carbonyl (C=O) groups is 4. The van der Waals surface area contributed by atoms with Crippen molar-refractivity contribution in [2.75, 3.05) is 0 Å². The molecule has 0 aliphatic rings. The van der Waals surface area contributed by atoms with Crippen LogP contribution >= 0.6 is 0 Å². The van der Waals surface area contributed by atoms with Gasteiger partial charge >= 0.3 is 0 Å². The summed E-state index contributed by atoms with van der Waals surface area (Å²) in [5, 5.41) is 35.6. The Labute approximate surface area is 122 Å². The summed E-state index contributed by atoms with van der Waals surface area (Å²) in [5.74, 6) is -4.33. The van der Waals surface area contributed by atoms with Crippen LogP contribution in [0.1, 0.15) is 27.7 Å². The van der Waals surface area contributed by atoms with Gasteiger partial charge in [-0.25, -0.2) is 0 Å². The molecule has 0 atom stereocenters. The van der Waals surface area contributed by atoms with Gasteiger partial charge in [-0.15, -0.1) is 0 Å². The fraction of sp³-hybridized carbons (Fsp3) is 0.500. The molecule has 13 nitrogen and oxygen atoms in total. The molecule has 136 valence electrons. The zero-order valence-electron chi connectivity index (χ0n) is 13.8. The van der Waals surface area contributed by atoms with Crippen molar-refractivity contribution >= 4 is 23.9 Å². The summed E-state index contributed by atoms with van der Waals surface area (Å²) >= 11 is 0. The summed E-state index contributed by atoms with van der Waals surface area (Å²) in [7, 11) is 0. The average molecular weight is 326 g/mol. The first-order chi connectivity index (χ1) is 6.93. The van der Waals surface area contributed by atoms with Crippen molar-refractivity contribution < 1.29 is 45.1 Å². The molecule has 0 unspecified atom stereocenters. The molecular formula is C8H30N4O9. The Morgan fingerprint density at radius 1 is 0.476 bits per heavy atom. The molecule has 0 aromatic heterocycles. The van der Waals surface area contributed by atoms with Gasteiger partial charge in [0.1, 0.15) is 0 Å². The van der Waals surface area contributed by atoms with Gasteiger partial charge in [0.25, 0.3) is 0 Å². The lowest BCUT2D eigenvalue weighted by molar-refractivity contribution is -0.303. The first kappa shape index (κ1) is 62.3. The highest BCUT2D eigenvalue weighted by molar-refractivity contribution is 5.61. The molecule has 13 heteroatoms. The number of carbonyl (C=O) groups excluding carboxylic acids is 4. The van der Waals surface area contributed by atoms with E-state index in [0.29, 0.717) is 0 Å². The van der Waals surface area contributed by atoms with E-state index in [1.807, 2.05) is 0 Å². The first-order valence-electron chi connectivity index (χ1n) is 3.63. The Kier molecular flexibility index (Phi) is 156. The van der Waals surface area contributed by atoms with Gasteiger partial charge in [0, 0.05) is 23.9 Å². The number of carboxylic acids is 4. The number of carboxylic acid groups (broad SMARTS) is 4. The van der Waals surface area contributed by atoms with Crippen molar-refractivity contribution in [2.45, 2.75) is 27.7 Å². The van der Waals surface area contributed by atoms with Crippen LogP contribution < -0.4 is 45.0 Å². The number of quaternary nitrogens is 4. The second kappa shape index (κ2) is 52.5. The van der Waals surface area contributed by atoms with Crippen LogP contribution in [0.4, 0.5) is 0 Å². The van der Waals surface area contributed by atoms with Crippen molar-refractivity contribution in [1.29, 1.82) is 0 Å². The van der Waals surface area contributed by atoms with E-state index in [0.717, 1.165) is 27.7 Å². The summed E-state index contributed by atoms with van der Waals surface area (Å²) in [6.07, 6.45) is 0. The van der Waals surface area contributed by atoms with Gasteiger partial charge in [-0.3, -0.25) is 0 Å². The van der Waals surface area contributed by atoms with E-state index >= 15 is 0 Å². The lowest BCUT2D eigenvalue weighted by atomic mass is 10.9. The van der Waals surface area contributed by atoms with Crippen LogP contribution in [0, 0.1) is 0 Å². The predicted octanol–water partition coefficient (Wildman–Crippen LogP) is -4.30. The van der Waals surface area contributed by atoms with Gasteiger partial charge in [0.2, 0.25) is 0 Å². The van der Waals surface area contributed by atoms with E-state index < -0.39 is 23.9 Å². The van der Waals surface area contributed by atoms with Crippen LogP contribution in [0.2, 0.25) is 0 Å². The van der Waals surface area contributed by atoms with E-state index in [2.05, 4.69) is 0 Å². The Morgan fingerprint density at radius 2 is 0.476 bits per heavy atom. The molecule has 0 radical (unpaired) electrons. The van der Waals surface area contributed by atoms with Crippen LogP contribution in [-0.2, 0) is 19.2 Å². The Balaban J connectivity index is -0.0000000121. The summed E-state index contributed by atoms with van der Waals surface area (Å²) < 4.78 is 0. The molecule has 0 fully saturated rings. The normalized spacial score (nSPS) is 4.76. The molecule has 0 saturated carbocycles. The smallest absolute Gasteiger partial charge is 0.0383 e. The van der Waals surface area contributed by atoms with Gasteiger partial charge in [0.15, 0.2) is 0 Å². The number of hydrogen-bond donors (Lipinski definition) is 4. The first-order valence-corrected chi connectivity index (χ1v) is 3.63. The second-order valence-corrected chi connectivity index (χ2v) is 1.97. The maximum absolute atomic E-state index is 8.89. The molecule has 0 rings (SSSR count). The molecule has 0 aliphatic heterocycles. The maximum Gasteiger partial charge on any atom is 0.0383 e. The van der Waals surface area contributed by atoms with Crippen LogP contribution in [0.5, 0.6) is 0 Å². The summed E-state index contributed by atoms with van der Waals surface area (Å²) in [6.45, 7) is 3.89. The summed E-state index contributed by atoms with van der Waals surface area (Å²) in [5.41, 5.74) is 0. The third kappa shape index (κ3) is 808. The lowest BCUT2D eigenvalue weighted by Gasteiger charge is -1.77. The third-order valence-electron chi connectivity index (χ3n) is 0. The highest BCUT2D eigenvalue weighted by Gasteiger charge is 1.47. The van der Waals surface area contributed by atoms with Crippen LogP contribution in [-0.4, -0.2) is 29.4 Å². The fourth-order valence-electron chi connectivity index (χ4n) is 0. The van der Waals surface area contributed by atoms with Crippen molar-refractivity contribution in [3.05, 3.63) is 0 Å². The monoisotopic (exact) mass is 326 g/mol. The largest absolute Gasteiger partial charge is 0.550 e. The summed E-state index contributed by atoms with van der Waals surface area (Å²) in [4.78, 5) is 35.6. The highest BCUT2D eigenvalue weighted by Crippen LogP contribution is 1.32. The molecule has 21 heavy (non-hydrogen) atoms. The van der Waals surface area contributed by atoms with E-state index in [9.17, 15) is 0 Å². The van der Waals surface area contributed by atoms with E-state index in [4.69, 9.17) is 39.6 Å². The molecule has 0 bridgehead atoms. The van der Waals surface area contributed by atoms with Crippen molar-refractivity contribution in [3.63, 3.8) is 0 Å². The SMILES string of the molecule is CC(=O)[O-].CC(=O)[O-].CC(=O)[O-].CC(=O)[O-].O.[NH4+].[NH4+].[NH4+].[NH4+]. The van der Waals surface area contributed by atoms with Gasteiger partial charge < -0.3 is 69.7 Å². The van der Waals surface area contributed by atoms with Crippen LogP contribution in [0.15, 0.2) is 0 Å². The van der Waals surface area contributed by atoms with E-state index in [1.165, 1.54) is 0 Å². The van der Waals surface area contributed by atoms with Gasteiger partial charge in [-0.2, -0.15) is 0 Å². The van der Waals surface area contributed by atoms with Crippen molar-refractivity contribution in [1.82, 2.24) is 24.6 Å². The predicted molar refractivity (Wildman–Crippen MR) is 70.3 cm³/mol. The lowest BCUT2D eigenvalue weighted by Crippen LogP contribution is -2.16. The second-order valence-electron chi connectivity index (χ2n) is 1.97. The average Bonchev–Trinajstić information content (AvgIpc) is 1.76. The molecule has 0 heterocycles. The quantitative estimate of drug-likeness (QED) is 0.336. The Bertz CT molecular complexity index is 172. The topological polar surface area (TPSA) is 338 Å². The summed E-state index contributed by atoms with van der Waals surface area (Å²) in [6, 6.07) is 0. The van der Waals surface area contributed by atoms with Crippen LogP contribution in [0.3, 0.4) is 0 Å². The number of aliphatic carboxylic acids is 4. The molecule has 0 amide bonds. The van der Waals surface area contributed by atoms with Gasteiger partial charge in [-0.1, -0.05) is 0 Å². The molecule has 0 aromatic carbocycles. The van der Waals surface area contributed by atoms with Gasteiger partial charge in [0.05, 0.1) is 0 Å². The fourth-order valence-corrected chi connectivity index (χ4v) is 0. The van der Waals surface area contributed by atoms with E-state index in [-0.39, 0.29) is 30.1 Å². The Hall–Kier alpha value is -2.32. The maximum atomic E-state index is 8.89.